The van der Waals surface area contributed by atoms with Gasteiger partial charge in [0.25, 0.3) is 0 Å². The molecule has 0 aromatic carbocycles. The van der Waals surface area contributed by atoms with Crippen LogP contribution in [-0.2, 0) is 0 Å². The Morgan fingerprint density at radius 2 is 1.92 bits per heavy atom. The topological polar surface area (TPSA) is 61.9 Å². The number of nitrogens with one attached hydrogen (secondary N) is 2. The Bertz CT molecular complexity index is 929. The van der Waals surface area contributed by atoms with Crippen LogP contribution in [0.4, 0.5) is 8.78 Å². The summed E-state index contributed by atoms with van der Waals surface area (Å²) in [6, 6.07) is 9.17. The van der Waals surface area contributed by atoms with E-state index in [-0.39, 0.29) is 24.8 Å². The zero-order valence-electron chi connectivity index (χ0n) is 14.1. The second-order valence-corrected chi connectivity index (χ2v) is 6.64. The maximum atomic E-state index is 13.3. The molecule has 7 heteroatoms. The number of hydrogen-bond donors (Lipinski definition) is 2. The van der Waals surface area contributed by atoms with E-state index in [9.17, 15) is 13.6 Å². The number of carbonyl (C=O) groups is 1. The zero-order valence-corrected chi connectivity index (χ0v) is 14.1. The van der Waals surface area contributed by atoms with Crippen LogP contribution >= 0.6 is 0 Å². The summed E-state index contributed by atoms with van der Waals surface area (Å²) in [6.45, 7) is 0. The van der Waals surface area contributed by atoms with E-state index in [1.807, 2.05) is 30.3 Å². The highest BCUT2D eigenvalue weighted by Gasteiger charge is 2.36. The van der Waals surface area contributed by atoms with Crippen LogP contribution in [0.15, 0.2) is 48.9 Å². The van der Waals surface area contributed by atoms with E-state index in [0.29, 0.717) is 18.7 Å². The van der Waals surface area contributed by atoms with Gasteiger partial charge >= 0.3 is 11.7 Å². The maximum absolute atomic E-state index is 13.3. The van der Waals surface area contributed by atoms with Crippen molar-refractivity contribution in [2.75, 3.05) is 0 Å². The second-order valence-electron chi connectivity index (χ2n) is 6.64. The molecule has 1 fully saturated rings. The third-order valence-electron chi connectivity index (χ3n) is 4.84. The molecule has 3 heterocycles. The summed E-state index contributed by atoms with van der Waals surface area (Å²) < 4.78 is 28.4. The van der Waals surface area contributed by atoms with Gasteiger partial charge in [-0.25, -0.2) is 13.8 Å². The number of aromatic amines is 1. The van der Waals surface area contributed by atoms with Crippen LogP contribution in [0, 0.1) is 0 Å². The molecule has 1 amide bonds. The molecule has 1 aliphatic carbocycles. The zero-order chi connectivity index (χ0) is 18.1. The minimum absolute atomic E-state index is 0.182. The highest BCUT2D eigenvalue weighted by atomic mass is 19.3. The minimum Gasteiger partial charge on any atom is -0.343 e. The van der Waals surface area contributed by atoms with Gasteiger partial charge in [0.2, 0.25) is 5.92 Å². The summed E-state index contributed by atoms with van der Waals surface area (Å²) in [5.41, 5.74) is 2.59. The Labute approximate surface area is 149 Å². The Morgan fingerprint density at radius 1 is 1.19 bits per heavy atom. The van der Waals surface area contributed by atoms with E-state index in [4.69, 9.17) is 0 Å². The van der Waals surface area contributed by atoms with Crippen LogP contribution in [-0.4, -0.2) is 27.8 Å². The normalized spacial score (nSPS) is 17.3. The van der Waals surface area contributed by atoms with Crippen molar-refractivity contribution in [3.8, 4) is 11.3 Å². The molecule has 0 saturated heterocycles. The van der Waals surface area contributed by atoms with Crippen LogP contribution in [0.3, 0.4) is 0 Å². The Morgan fingerprint density at radius 3 is 2.65 bits per heavy atom. The van der Waals surface area contributed by atoms with E-state index in [2.05, 4.69) is 15.3 Å². The molecule has 0 aliphatic heterocycles. The van der Waals surface area contributed by atoms with Crippen LogP contribution in [0.1, 0.15) is 36.3 Å². The van der Waals surface area contributed by atoms with Gasteiger partial charge in [0.1, 0.15) is 0 Å². The molecule has 2 N–H and O–H groups in total. The van der Waals surface area contributed by atoms with Crippen LogP contribution in [0.25, 0.3) is 16.8 Å². The molecule has 26 heavy (non-hydrogen) atoms. The van der Waals surface area contributed by atoms with Crippen molar-refractivity contribution >= 4 is 11.4 Å². The highest BCUT2D eigenvalue weighted by molar-refractivity contribution is 5.91. The van der Waals surface area contributed by atoms with Crippen molar-refractivity contribution in [3.63, 3.8) is 0 Å². The number of carbonyl (C=O) groups excluding carboxylic acids is 1. The number of H-pyrrole nitrogens is 1. The van der Waals surface area contributed by atoms with Crippen LogP contribution in [0.2, 0.25) is 0 Å². The largest absolute Gasteiger partial charge is 0.351 e. The molecule has 3 aromatic rings. The molecule has 0 unspecified atom stereocenters. The van der Waals surface area contributed by atoms with Gasteiger partial charge in [-0.15, -0.1) is 0 Å². The number of hydrogen-bond acceptors (Lipinski definition) is 2. The van der Waals surface area contributed by atoms with Gasteiger partial charge in [0, 0.05) is 36.8 Å². The van der Waals surface area contributed by atoms with Gasteiger partial charge in [-0.1, -0.05) is 6.07 Å². The number of nitrogens with zero attached hydrogens (tertiary/aromatic N) is 2. The fourth-order valence-electron chi connectivity index (χ4n) is 3.43. The number of pyridine rings is 2. The molecule has 5 nitrogen and oxygen atoms in total. The van der Waals surface area contributed by atoms with E-state index in [1.54, 1.807) is 23.0 Å². The first-order chi connectivity index (χ1) is 12.5. The van der Waals surface area contributed by atoms with Gasteiger partial charge < -0.3 is 5.32 Å². The molecule has 0 bridgehead atoms. The van der Waals surface area contributed by atoms with E-state index in [1.165, 1.54) is 0 Å². The lowest BCUT2D eigenvalue weighted by Gasteiger charge is -2.28. The van der Waals surface area contributed by atoms with Gasteiger partial charge in [0.15, 0.2) is 11.2 Å². The lowest BCUT2D eigenvalue weighted by atomic mass is 9.92. The Hall–Kier alpha value is -2.83. The van der Waals surface area contributed by atoms with E-state index < -0.39 is 5.92 Å². The number of imidazole rings is 1. The number of amides is 1. The number of rotatable bonds is 3. The van der Waals surface area contributed by atoms with Gasteiger partial charge in [-0.3, -0.25) is 9.78 Å². The third kappa shape index (κ3) is 3.16. The third-order valence-corrected chi connectivity index (χ3v) is 4.84. The van der Waals surface area contributed by atoms with Crippen molar-refractivity contribution in [1.82, 2.24) is 15.3 Å². The average Bonchev–Trinajstić information content (AvgIpc) is 3.04. The van der Waals surface area contributed by atoms with Crippen molar-refractivity contribution < 1.29 is 18.0 Å². The van der Waals surface area contributed by atoms with E-state index >= 15 is 0 Å². The molecule has 1 saturated carbocycles. The standard InChI is InChI=1S/C19H18F2N4O/c20-19(21)8-4-14(5-9-19)23-18(26)17-24-16(13-6-10-22-11-7-13)15-3-1-2-12-25(15)17/h1-3,6-7,10-12,14H,4-5,8-9H2,(H,23,26)/p+1. The lowest BCUT2D eigenvalue weighted by molar-refractivity contribution is -0.513. The number of fused-ring (bicyclic) bond motifs is 1. The van der Waals surface area contributed by atoms with Crippen molar-refractivity contribution in [3.05, 3.63) is 54.7 Å². The number of aromatic nitrogens is 3. The molecule has 4 rings (SSSR count). The second kappa shape index (κ2) is 6.48. The highest BCUT2D eigenvalue weighted by Crippen LogP contribution is 2.33. The summed E-state index contributed by atoms with van der Waals surface area (Å²) >= 11 is 0. The Balaban J connectivity index is 1.63. The predicted octanol–water partition coefficient (Wildman–Crippen LogP) is 3.12. The molecular weight excluding hydrogens is 338 g/mol. The van der Waals surface area contributed by atoms with Crippen molar-refractivity contribution in [2.24, 2.45) is 0 Å². The predicted molar refractivity (Wildman–Crippen MR) is 91.9 cm³/mol. The fraction of sp³-hybridized carbons (Fsp3) is 0.316. The summed E-state index contributed by atoms with van der Waals surface area (Å²) in [5.74, 6) is -2.52. The van der Waals surface area contributed by atoms with Gasteiger partial charge in [-0.2, -0.15) is 4.40 Å². The first-order valence-corrected chi connectivity index (χ1v) is 8.65. The van der Waals surface area contributed by atoms with Crippen LogP contribution in [0.5, 0.6) is 0 Å². The monoisotopic (exact) mass is 357 g/mol. The van der Waals surface area contributed by atoms with Gasteiger partial charge in [0.05, 0.1) is 6.20 Å². The maximum Gasteiger partial charge on any atom is 0.351 e. The average molecular weight is 357 g/mol. The van der Waals surface area contributed by atoms with Crippen LogP contribution < -0.4 is 9.72 Å². The molecule has 0 radical (unpaired) electrons. The molecular formula is C19H19F2N4O+. The summed E-state index contributed by atoms with van der Waals surface area (Å²) in [5, 5.41) is 2.89. The number of alkyl halides is 2. The minimum atomic E-state index is -2.61. The smallest absolute Gasteiger partial charge is 0.343 e. The van der Waals surface area contributed by atoms with Gasteiger partial charge in [-0.05, 0) is 37.1 Å². The molecule has 3 aromatic heterocycles. The molecule has 1 aliphatic rings. The summed E-state index contributed by atoms with van der Waals surface area (Å²) in [7, 11) is 0. The Kier molecular flexibility index (Phi) is 4.14. The first kappa shape index (κ1) is 16.6. The fourth-order valence-corrected chi connectivity index (χ4v) is 3.43. The SMILES string of the molecule is O=C(NC1CCC(F)(F)CC1)c1[nH]c(-c2ccncc2)c2cccc[n+]12. The molecule has 0 atom stereocenters. The lowest BCUT2D eigenvalue weighted by Crippen LogP contribution is -2.43. The van der Waals surface area contributed by atoms with Crippen molar-refractivity contribution in [1.29, 1.82) is 0 Å². The van der Waals surface area contributed by atoms with Crippen molar-refractivity contribution in [2.45, 2.75) is 37.6 Å². The first-order valence-electron chi connectivity index (χ1n) is 8.65. The summed E-state index contributed by atoms with van der Waals surface area (Å²) in [4.78, 5) is 20.0. The quantitative estimate of drug-likeness (QED) is 0.708. The van der Waals surface area contributed by atoms with E-state index in [0.717, 1.165) is 16.8 Å². The molecule has 0 spiro atoms. The molecule has 134 valence electrons. The summed E-state index contributed by atoms with van der Waals surface area (Å²) in [6.07, 6.45) is 5.41. The number of halogens is 2.